The lowest BCUT2D eigenvalue weighted by molar-refractivity contribution is -0.143. The van der Waals surface area contributed by atoms with Crippen molar-refractivity contribution in [2.75, 3.05) is 0 Å². The SMILES string of the molecule is NC(=O)[C@H](Cc1ccccc1F)NC(=O)c1cc(C(F)(F)F)cc(C(F)(F)F)c1. The lowest BCUT2D eigenvalue weighted by atomic mass is 10.0. The topological polar surface area (TPSA) is 72.2 Å². The van der Waals surface area contributed by atoms with Gasteiger partial charge in [-0.1, -0.05) is 18.2 Å². The summed E-state index contributed by atoms with van der Waals surface area (Å²) in [6.07, 6.45) is -10.7. The number of halogens is 7. The van der Waals surface area contributed by atoms with Gasteiger partial charge in [-0.15, -0.1) is 0 Å². The molecule has 0 radical (unpaired) electrons. The maximum absolute atomic E-state index is 13.7. The minimum absolute atomic E-state index is 0.0309. The van der Waals surface area contributed by atoms with E-state index >= 15 is 0 Å². The average Bonchev–Trinajstić information content (AvgIpc) is 2.60. The normalized spacial score (nSPS) is 13.1. The molecule has 29 heavy (non-hydrogen) atoms. The molecular formula is C18H13F7N2O2. The first-order valence-corrected chi connectivity index (χ1v) is 7.92. The van der Waals surface area contributed by atoms with Gasteiger partial charge < -0.3 is 11.1 Å². The Morgan fingerprint density at radius 1 is 0.931 bits per heavy atom. The van der Waals surface area contributed by atoms with Crippen LogP contribution >= 0.6 is 0 Å². The van der Waals surface area contributed by atoms with Crippen molar-refractivity contribution in [2.24, 2.45) is 5.73 Å². The quantitative estimate of drug-likeness (QED) is 0.722. The highest BCUT2D eigenvalue weighted by molar-refractivity contribution is 5.97. The minimum atomic E-state index is -5.15. The highest BCUT2D eigenvalue weighted by Crippen LogP contribution is 2.36. The van der Waals surface area contributed by atoms with E-state index in [0.29, 0.717) is 0 Å². The van der Waals surface area contributed by atoms with Gasteiger partial charge in [0.2, 0.25) is 5.91 Å². The number of hydrogen-bond donors (Lipinski definition) is 2. The fourth-order valence-corrected chi connectivity index (χ4v) is 2.43. The molecule has 0 spiro atoms. The number of carbonyl (C=O) groups excluding carboxylic acids is 2. The number of hydrogen-bond acceptors (Lipinski definition) is 2. The third-order valence-electron chi connectivity index (χ3n) is 3.88. The van der Waals surface area contributed by atoms with Gasteiger partial charge in [-0.25, -0.2) is 4.39 Å². The largest absolute Gasteiger partial charge is 0.416 e. The van der Waals surface area contributed by atoms with Gasteiger partial charge in [-0.05, 0) is 29.8 Å². The summed E-state index contributed by atoms with van der Waals surface area (Å²) < 4.78 is 91.2. The van der Waals surface area contributed by atoms with Crippen LogP contribution in [0.2, 0.25) is 0 Å². The molecule has 4 nitrogen and oxygen atoms in total. The first-order valence-electron chi connectivity index (χ1n) is 7.92. The molecule has 2 aromatic rings. The van der Waals surface area contributed by atoms with Gasteiger partial charge in [0.1, 0.15) is 11.9 Å². The van der Waals surface area contributed by atoms with Crippen molar-refractivity contribution in [2.45, 2.75) is 24.8 Å². The molecule has 156 valence electrons. The van der Waals surface area contributed by atoms with Crippen LogP contribution in [0.5, 0.6) is 0 Å². The van der Waals surface area contributed by atoms with Crippen molar-refractivity contribution in [3.8, 4) is 0 Å². The van der Waals surface area contributed by atoms with Gasteiger partial charge in [0.25, 0.3) is 5.91 Å². The maximum Gasteiger partial charge on any atom is 0.416 e. The molecule has 0 aromatic heterocycles. The predicted octanol–water partition coefficient (Wildman–Crippen LogP) is 3.69. The Morgan fingerprint density at radius 3 is 1.90 bits per heavy atom. The lowest BCUT2D eigenvalue weighted by Crippen LogP contribution is -2.46. The Balaban J connectivity index is 2.36. The summed E-state index contributed by atoms with van der Waals surface area (Å²) in [6.45, 7) is 0. The van der Waals surface area contributed by atoms with Gasteiger partial charge in [-0.3, -0.25) is 9.59 Å². The minimum Gasteiger partial charge on any atom is -0.368 e. The molecule has 2 rings (SSSR count). The molecule has 0 heterocycles. The number of nitrogens with two attached hydrogens (primary N) is 1. The number of primary amides is 1. The molecule has 0 aliphatic heterocycles. The molecule has 0 fully saturated rings. The van der Waals surface area contributed by atoms with E-state index in [1.807, 2.05) is 5.32 Å². The highest BCUT2D eigenvalue weighted by atomic mass is 19.4. The molecule has 1 atom stereocenters. The van der Waals surface area contributed by atoms with E-state index in [9.17, 15) is 40.3 Å². The van der Waals surface area contributed by atoms with E-state index in [4.69, 9.17) is 5.73 Å². The summed E-state index contributed by atoms with van der Waals surface area (Å²) in [5.74, 6) is -3.28. The van der Waals surface area contributed by atoms with Crippen LogP contribution in [0.3, 0.4) is 0 Å². The molecule has 11 heteroatoms. The van der Waals surface area contributed by atoms with E-state index in [2.05, 4.69) is 0 Å². The zero-order valence-electron chi connectivity index (χ0n) is 14.4. The molecule has 0 aliphatic carbocycles. The van der Waals surface area contributed by atoms with Crippen LogP contribution in [0.15, 0.2) is 42.5 Å². The molecule has 2 aromatic carbocycles. The van der Waals surface area contributed by atoms with Crippen LogP contribution in [-0.4, -0.2) is 17.9 Å². The summed E-state index contributed by atoms with van der Waals surface area (Å²) in [5.41, 5.74) is 0.728. The number of rotatable bonds is 5. The van der Waals surface area contributed by atoms with Crippen LogP contribution in [0.1, 0.15) is 27.0 Å². The summed E-state index contributed by atoms with van der Waals surface area (Å²) in [6, 6.07) is 3.86. The number of nitrogens with one attached hydrogen (secondary N) is 1. The first kappa shape index (κ1) is 22.2. The standard InChI is InChI=1S/C18H13F7N2O2/c19-13-4-2-1-3-9(13)7-14(15(26)28)27-16(29)10-5-11(17(20,21)22)8-12(6-10)18(23,24)25/h1-6,8,14H,7H2,(H2,26,28)(H,27,29)/t14-/m0/s1. The van der Waals surface area contributed by atoms with Crippen LogP contribution in [0, 0.1) is 5.82 Å². The van der Waals surface area contributed by atoms with Crippen molar-refractivity contribution in [3.63, 3.8) is 0 Å². The molecule has 2 amide bonds. The first-order chi connectivity index (χ1) is 13.3. The second kappa shape index (κ2) is 8.10. The van der Waals surface area contributed by atoms with Crippen LogP contribution < -0.4 is 11.1 Å². The number of benzene rings is 2. The fourth-order valence-electron chi connectivity index (χ4n) is 2.43. The summed E-state index contributed by atoms with van der Waals surface area (Å²) >= 11 is 0. The van der Waals surface area contributed by atoms with Crippen molar-refractivity contribution in [3.05, 3.63) is 70.5 Å². The average molecular weight is 422 g/mol. The second-order valence-electron chi connectivity index (χ2n) is 6.02. The number of amides is 2. The zero-order valence-corrected chi connectivity index (χ0v) is 14.4. The smallest absolute Gasteiger partial charge is 0.368 e. The van der Waals surface area contributed by atoms with Gasteiger partial charge in [-0.2, -0.15) is 26.3 Å². The summed E-state index contributed by atoms with van der Waals surface area (Å²) in [4.78, 5) is 23.8. The van der Waals surface area contributed by atoms with Gasteiger partial charge in [0.05, 0.1) is 11.1 Å². The Kier molecular flexibility index (Phi) is 6.19. The van der Waals surface area contributed by atoms with Crippen molar-refractivity contribution >= 4 is 11.8 Å². The van der Waals surface area contributed by atoms with E-state index in [-0.39, 0.29) is 23.8 Å². The molecule has 0 unspecified atom stereocenters. The van der Waals surface area contributed by atoms with Gasteiger partial charge in [0.15, 0.2) is 0 Å². The Bertz CT molecular complexity index is 891. The molecule has 3 N–H and O–H groups in total. The monoisotopic (exact) mass is 422 g/mol. The van der Waals surface area contributed by atoms with Crippen LogP contribution in [0.25, 0.3) is 0 Å². The van der Waals surface area contributed by atoms with E-state index < -0.39 is 59.1 Å². The molecule has 0 saturated heterocycles. The summed E-state index contributed by atoms with van der Waals surface area (Å²) in [5, 5.41) is 1.95. The van der Waals surface area contributed by atoms with E-state index in [1.165, 1.54) is 18.2 Å². The molecule has 0 aliphatic rings. The second-order valence-corrected chi connectivity index (χ2v) is 6.02. The van der Waals surface area contributed by atoms with E-state index in [0.717, 1.165) is 6.07 Å². The third-order valence-corrected chi connectivity index (χ3v) is 3.88. The molecular weight excluding hydrogens is 409 g/mol. The third kappa shape index (κ3) is 5.69. The number of carbonyl (C=O) groups is 2. The number of alkyl halides is 6. The van der Waals surface area contributed by atoms with Gasteiger partial charge in [0, 0.05) is 12.0 Å². The molecule has 0 bridgehead atoms. The van der Waals surface area contributed by atoms with Crippen molar-refractivity contribution < 1.29 is 40.3 Å². The van der Waals surface area contributed by atoms with Gasteiger partial charge >= 0.3 is 12.4 Å². The van der Waals surface area contributed by atoms with Crippen LogP contribution in [0.4, 0.5) is 30.7 Å². The van der Waals surface area contributed by atoms with Crippen molar-refractivity contribution in [1.82, 2.24) is 5.32 Å². The molecule has 0 saturated carbocycles. The van der Waals surface area contributed by atoms with Crippen molar-refractivity contribution in [1.29, 1.82) is 0 Å². The maximum atomic E-state index is 13.7. The van der Waals surface area contributed by atoms with E-state index in [1.54, 1.807) is 0 Å². The Hall–Kier alpha value is -3.11. The summed E-state index contributed by atoms with van der Waals surface area (Å²) in [7, 11) is 0. The van der Waals surface area contributed by atoms with Crippen LogP contribution in [-0.2, 0) is 23.6 Å². The lowest BCUT2D eigenvalue weighted by Gasteiger charge is -2.18. The zero-order chi connectivity index (χ0) is 22.0. The predicted molar refractivity (Wildman–Crippen MR) is 87.0 cm³/mol. The fraction of sp³-hybridized carbons (Fsp3) is 0.222. The Labute approximate surface area is 159 Å². The Morgan fingerprint density at radius 2 is 1.45 bits per heavy atom. The highest BCUT2D eigenvalue weighted by Gasteiger charge is 2.37.